The molecule has 2 rings (SSSR count). The Labute approximate surface area is 149 Å². The van der Waals surface area contributed by atoms with Crippen LogP contribution >= 0.6 is 0 Å². The predicted molar refractivity (Wildman–Crippen MR) is 103 cm³/mol. The van der Waals surface area contributed by atoms with Crippen molar-refractivity contribution in [3.05, 3.63) is 63.1 Å². The summed E-state index contributed by atoms with van der Waals surface area (Å²) in [5.41, 5.74) is 3.54. The number of amides is 1. The van der Waals surface area contributed by atoms with Crippen molar-refractivity contribution >= 4 is 11.6 Å². The number of para-hydroxylation sites is 1. The molecule has 0 bridgehead atoms. The molecule has 0 aliphatic rings. The van der Waals surface area contributed by atoms with Crippen molar-refractivity contribution in [2.24, 2.45) is 0 Å². The highest BCUT2D eigenvalue weighted by Gasteiger charge is 2.19. The lowest BCUT2D eigenvalue weighted by molar-refractivity contribution is 0.102. The highest BCUT2D eigenvalue weighted by molar-refractivity contribution is 6.05. The Balaban J connectivity index is 2.42. The number of rotatable bonds is 7. The molecule has 0 unspecified atom stereocenters. The molecule has 1 aromatic heterocycles. The quantitative estimate of drug-likeness (QED) is 0.756. The van der Waals surface area contributed by atoms with E-state index in [4.69, 9.17) is 0 Å². The van der Waals surface area contributed by atoms with E-state index in [0.717, 1.165) is 48.4 Å². The van der Waals surface area contributed by atoms with Crippen molar-refractivity contribution in [1.82, 2.24) is 4.57 Å². The number of aryl methyl sites for hydroxylation is 2. The van der Waals surface area contributed by atoms with Crippen LogP contribution in [0.15, 0.2) is 35.1 Å². The number of nitrogens with one attached hydrogen (secondary N) is 1. The number of anilines is 1. The van der Waals surface area contributed by atoms with Gasteiger partial charge >= 0.3 is 0 Å². The largest absolute Gasteiger partial charge is 0.348 e. The normalized spacial score (nSPS) is 10.7. The zero-order chi connectivity index (χ0) is 18.4. The summed E-state index contributed by atoms with van der Waals surface area (Å²) in [4.78, 5) is 25.4. The Hall–Kier alpha value is -2.36. The second kappa shape index (κ2) is 8.65. The van der Waals surface area contributed by atoms with Gasteiger partial charge in [-0.2, -0.15) is 0 Å². The van der Waals surface area contributed by atoms with Crippen LogP contribution in [0.1, 0.15) is 60.4 Å². The van der Waals surface area contributed by atoms with Crippen LogP contribution in [0.25, 0.3) is 0 Å². The molecule has 0 saturated heterocycles. The van der Waals surface area contributed by atoms with Crippen LogP contribution < -0.4 is 10.7 Å². The van der Waals surface area contributed by atoms with Crippen LogP contribution in [0.4, 0.5) is 5.69 Å². The molecule has 1 aromatic carbocycles. The van der Waals surface area contributed by atoms with E-state index in [0.29, 0.717) is 6.42 Å². The standard InChI is InChI=1S/C21H28N2O2/c1-5-7-10-13-23-16(4)14-19(24)20(18(23)6-2)21(25)22-17-12-9-8-11-15(17)3/h8-9,11-12,14H,5-7,10,13H2,1-4H3,(H,22,25). The molecule has 134 valence electrons. The third kappa shape index (κ3) is 4.38. The number of aromatic nitrogens is 1. The van der Waals surface area contributed by atoms with E-state index in [1.807, 2.05) is 45.0 Å². The maximum Gasteiger partial charge on any atom is 0.261 e. The summed E-state index contributed by atoms with van der Waals surface area (Å²) < 4.78 is 2.13. The molecular weight excluding hydrogens is 312 g/mol. The number of benzene rings is 1. The first-order valence-corrected chi connectivity index (χ1v) is 9.09. The van der Waals surface area contributed by atoms with Gasteiger partial charge in [-0.1, -0.05) is 44.9 Å². The van der Waals surface area contributed by atoms with Crippen LogP contribution in [0.2, 0.25) is 0 Å². The second-order valence-corrected chi connectivity index (χ2v) is 6.45. The summed E-state index contributed by atoms with van der Waals surface area (Å²) in [6.45, 7) is 8.88. The van der Waals surface area contributed by atoms with Gasteiger partial charge in [0.2, 0.25) is 0 Å². The predicted octanol–water partition coefficient (Wildman–Crippen LogP) is 4.47. The van der Waals surface area contributed by atoms with E-state index in [2.05, 4.69) is 16.8 Å². The zero-order valence-electron chi connectivity index (χ0n) is 15.7. The topological polar surface area (TPSA) is 51.1 Å². The molecule has 4 heteroatoms. The van der Waals surface area contributed by atoms with E-state index in [1.165, 1.54) is 0 Å². The van der Waals surface area contributed by atoms with E-state index >= 15 is 0 Å². The van der Waals surface area contributed by atoms with Crippen LogP contribution in [-0.4, -0.2) is 10.5 Å². The molecular formula is C21H28N2O2. The fraction of sp³-hybridized carbons (Fsp3) is 0.429. The van der Waals surface area contributed by atoms with E-state index in [9.17, 15) is 9.59 Å². The molecule has 1 heterocycles. The van der Waals surface area contributed by atoms with Crippen LogP contribution in [-0.2, 0) is 13.0 Å². The van der Waals surface area contributed by atoms with Crippen molar-refractivity contribution in [1.29, 1.82) is 0 Å². The van der Waals surface area contributed by atoms with Gasteiger partial charge in [0.1, 0.15) is 5.56 Å². The van der Waals surface area contributed by atoms with Crippen LogP contribution in [0.3, 0.4) is 0 Å². The Morgan fingerprint density at radius 2 is 1.84 bits per heavy atom. The summed E-state index contributed by atoms with van der Waals surface area (Å²) in [6, 6.07) is 9.18. The zero-order valence-corrected chi connectivity index (χ0v) is 15.7. The number of hydrogen-bond acceptors (Lipinski definition) is 2. The van der Waals surface area contributed by atoms with E-state index < -0.39 is 0 Å². The summed E-state index contributed by atoms with van der Waals surface area (Å²) in [6.07, 6.45) is 3.98. The molecule has 0 aliphatic heterocycles. The first kappa shape index (κ1) is 19.0. The lowest BCUT2D eigenvalue weighted by Gasteiger charge is -2.19. The number of carbonyl (C=O) groups excluding carboxylic acids is 1. The molecule has 0 atom stereocenters. The molecule has 2 aromatic rings. The van der Waals surface area contributed by atoms with Crippen molar-refractivity contribution < 1.29 is 4.79 Å². The van der Waals surface area contributed by atoms with Crippen molar-refractivity contribution in [2.75, 3.05) is 5.32 Å². The highest BCUT2D eigenvalue weighted by Crippen LogP contribution is 2.17. The van der Waals surface area contributed by atoms with Gasteiger partial charge in [0.15, 0.2) is 5.43 Å². The smallest absolute Gasteiger partial charge is 0.261 e. The summed E-state index contributed by atoms with van der Waals surface area (Å²) in [5.74, 6) is -0.319. The average Bonchev–Trinajstić information content (AvgIpc) is 2.58. The Kier molecular flexibility index (Phi) is 6.57. The van der Waals surface area contributed by atoms with E-state index in [1.54, 1.807) is 6.07 Å². The third-order valence-electron chi connectivity index (χ3n) is 4.57. The summed E-state index contributed by atoms with van der Waals surface area (Å²) in [5, 5.41) is 2.90. The highest BCUT2D eigenvalue weighted by atomic mass is 16.2. The van der Waals surface area contributed by atoms with Gasteiger partial charge in [-0.05, 0) is 38.3 Å². The van der Waals surface area contributed by atoms with Gasteiger partial charge in [0.05, 0.1) is 0 Å². The Morgan fingerprint density at radius 1 is 1.12 bits per heavy atom. The number of nitrogens with zero attached hydrogens (tertiary/aromatic N) is 1. The SMILES string of the molecule is CCCCCn1c(C)cc(=O)c(C(=O)Nc2ccccc2C)c1CC. The van der Waals surface area contributed by atoms with E-state index in [-0.39, 0.29) is 16.9 Å². The Morgan fingerprint density at radius 3 is 2.48 bits per heavy atom. The first-order chi connectivity index (χ1) is 12.0. The molecule has 1 N–H and O–H groups in total. The van der Waals surface area contributed by atoms with Gasteiger partial charge in [-0.3, -0.25) is 9.59 Å². The van der Waals surface area contributed by atoms with Gasteiger partial charge in [0.25, 0.3) is 5.91 Å². The molecule has 4 nitrogen and oxygen atoms in total. The third-order valence-corrected chi connectivity index (χ3v) is 4.57. The number of hydrogen-bond donors (Lipinski definition) is 1. The first-order valence-electron chi connectivity index (χ1n) is 9.09. The monoisotopic (exact) mass is 340 g/mol. The molecule has 0 radical (unpaired) electrons. The molecule has 0 aliphatic carbocycles. The fourth-order valence-corrected chi connectivity index (χ4v) is 3.17. The van der Waals surface area contributed by atoms with Gasteiger partial charge < -0.3 is 9.88 Å². The minimum atomic E-state index is -0.319. The maximum absolute atomic E-state index is 12.8. The summed E-state index contributed by atoms with van der Waals surface area (Å²) >= 11 is 0. The van der Waals surface area contributed by atoms with Crippen LogP contribution in [0, 0.1) is 13.8 Å². The molecule has 25 heavy (non-hydrogen) atoms. The minimum absolute atomic E-state index is 0.202. The molecule has 1 amide bonds. The lowest BCUT2D eigenvalue weighted by atomic mass is 10.1. The lowest BCUT2D eigenvalue weighted by Crippen LogP contribution is -2.28. The minimum Gasteiger partial charge on any atom is -0.348 e. The van der Waals surface area contributed by atoms with Crippen molar-refractivity contribution in [3.8, 4) is 0 Å². The molecule has 0 saturated carbocycles. The second-order valence-electron chi connectivity index (χ2n) is 6.45. The van der Waals surface area contributed by atoms with Gasteiger partial charge in [-0.25, -0.2) is 0 Å². The number of unbranched alkanes of at least 4 members (excludes halogenated alkanes) is 2. The fourth-order valence-electron chi connectivity index (χ4n) is 3.17. The van der Waals surface area contributed by atoms with Gasteiger partial charge in [-0.15, -0.1) is 0 Å². The van der Waals surface area contributed by atoms with Crippen molar-refractivity contribution in [2.45, 2.75) is 59.9 Å². The molecule has 0 fully saturated rings. The summed E-state index contributed by atoms with van der Waals surface area (Å²) in [7, 11) is 0. The average molecular weight is 340 g/mol. The number of carbonyl (C=O) groups is 1. The van der Waals surface area contributed by atoms with Crippen LogP contribution in [0.5, 0.6) is 0 Å². The van der Waals surface area contributed by atoms with Crippen molar-refractivity contribution in [3.63, 3.8) is 0 Å². The Bertz CT molecular complexity index is 806. The number of pyridine rings is 1. The maximum atomic E-state index is 12.8. The van der Waals surface area contributed by atoms with Gasteiger partial charge in [0, 0.05) is 29.7 Å². The molecule has 0 spiro atoms.